The summed E-state index contributed by atoms with van der Waals surface area (Å²) in [6, 6.07) is 4.01. The molecule has 98 valence electrons. The summed E-state index contributed by atoms with van der Waals surface area (Å²) in [4.78, 5) is 0. The second-order valence-electron chi connectivity index (χ2n) is 5.61. The fourth-order valence-corrected chi connectivity index (χ4v) is 4.17. The van der Waals surface area contributed by atoms with Crippen molar-refractivity contribution in [3.63, 3.8) is 0 Å². The van der Waals surface area contributed by atoms with Crippen molar-refractivity contribution in [2.75, 3.05) is 0 Å². The maximum Gasteiger partial charge on any atom is 0.129 e. The van der Waals surface area contributed by atoms with Gasteiger partial charge in [-0.15, -0.1) is 11.6 Å². The van der Waals surface area contributed by atoms with Gasteiger partial charge in [0.25, 0.3) is 0 Å². The Morgan fingerprint density at radius 3 is 2.22 bits per heavy atom. The van der Waals surface area contributed by atoms with Gasteiger partial charge in [0.15, 0.2) is 0 Å². The van der Waals surface area contributed by atoms with Crippen LogP contribution in [-0.2, 0) is 6.42 Å². The molecule has 0 bridgehead atoms. The van der Waals surface area contributed by atoms with Crippen LogP contribution in [0.25, 0.3) is 0 Å². The minimum Gasteiger partial charge on any atom is -0.207 e. The Hall–Kier alpha value is -0.630. The largest absolute Gasteiger partial charge is 0.207 e. The number of hydrogen-bond acceptors (Lipinski definition) is 0. The summed E-state index contributed by atoms with van der Waals surface area (Å²) in [5, 5.41) is -0.121. The molecule has 0 spiro atoms. The van der Waals surface area contributed by atoms with Gasteiger partial charge in [-0.1, -0.05) is 18.9 Å². The Balaban J connectivity index is 1.70. The highest BCUT2D eigenvalue weighted by molar-refractivity contribution is 6.21. The van der Waals surface area contributed by atoms with Crippen LogP contribution in [0, 0.1) is 29.4 Å². The van der Waals surface area contributed by atoms with Gasteiger partial charge in [-0.25, -0.2) is 8.78 Å². The summed E-state index contributed by atoms with van der Waals surface area (Å²) < 4.78 is 27.1. The van der Waals surface area contributed by atoms with E-state index in [-0.39, 0.29) is 10.9 Å². The monoisotopic (exact) mass is 270 g/mol. The van der Waals surface area contributed by atoms with Gasteiger partial charge in [-0.2, -0.15) is 0 Å². The number of halogens is 3. The van der Waals surface area contributed by atoms with E-state index < -0.39 is 11.6 Å². The second-order valence-corrected chi connectivity index (χ2v) is 6.17. The van der Waals surface area contributed by atoms with Crippen LogP contribution in [-0.4, -0.2) is 5.38 Å². The molecule has 2 aliphatic rings. The molecule has 0 saturated heterocycles. The molecule has 0 aliphatic heterocycles. The molecule has 3 atom stereocenters. The fraction of sp³-hybridized carbons (Fsp3) is 0.600. The van der Waals surface area contributed by atoms with Gasteiger partial charge < -0.3 is 0 Å². The molecule has 0 heterocycles. The quantitative estimate of drug-likeness (QED) is 0.707. The topological polar surface area (TPSA) is 0 Å². The lowest BCUT2D eigenvalue weighted by atomic mass is 10.0. The van der Waals surface area contributed by atoms with Crippen molar-refractivity contribution in [1.29, 1.82) is 0 Å². The summed E-state index contributed by atoms with van der Waals surface area (Å²) in [7, 11) is 0. The number of alkyl halides is 1. The highest BCUT2D eigenvalue weighted by atomic mass is 35.5. The van der Waals surface area contributed by atoms with Crippen LogP contribution in [0.3, 0.4) is 0 Å². The second kappa shape index (κ2) is 4.80. The molecule has 0 amide bonds. The highest BCUT2D eigenvalue weighted by Gasteiger charge is 2.53. The summed E-state index contributed by atoms with van der Waals surface area (Å²) >= 11 is 6.40. The van der Waals surface area contributed by atoms with Crippen LogP contribution < -0.4 is 0 Å². The van der Waals surface area contributed by atoms with Crippen LogP contribution >= 0.6 is 11.6 Å². The summed E-state index contributed by atoms with van der Waals surface area (Å²) in [6.07, 6.45) is 5.39. The molecule has 2 saturated carbocycles. The molecular weight excluding hydrogens is 254 g/mol. The van der Waals surface area contributed by atoms with Crippen LogP contribution in [0.2, 0.25) is 0 Å². The highest BCUT2D eigenvalue weighted by Crippen LogP contribution is 2.58. The third-order valence-corrected chi connectivity index (χ3v) is 5.05. The van der Waals surface area contributed by atoms with Gasteiger partial charge in [0, 0.05) is 10.9 Å². The molecule has 2 fully saturated rings. The van der Waals surface area contributed by atoms with Crippen molar-refractivity contribution in [3.8, 4) is 0 Å². The summed E-state index contributed by atoms with van der Waals surface area (Å²) in [5.41, 5.74) is 0.154. The van der Waals surface area contributed by atoms with Gasteiger partial charge in [0.1, 0.15) is 11.6 Å². The van der Waals surface area contributed by atoms with E-state index in [1.54, 1.807) is 0 Å². The van der Waals surface area contributed by atoms with E-state index in [1.807, 2.05) is 0 Å². The van der Waals surface area contributed by atoms with Crippen molar-refractivity contribution in [2.45, 2.75) is 37.5 Å². The van der Waals surface area contributed by atoms with E-state index in [0.29, 0.717) is 12.3 Å². The van der Waals surface area contributed by atoms with E-state index in [2.05, 4.69) is 0 Å². The van der Waals surface area contributed by atoms with Crippen LogP contribution in [0.1, 0.15) is 31.2 Å². The van der Waals surface area contributed by atoms with Crippen LogP contribution in [0.5, 0.6) is 0 Å². The van der Waals surface area contributed by atoms with E-state index in [0.717, 1.165) is 11.8 Å². The molecular formula is C15H17ClF2. The summed E-state index contributed by atoms with van der Waals surface area (Å²) in [6.45, 7) is 0. The number of rotatable bonds is 3. The lowest BCUT2D eigenvalue weighted by Crippen LogP contribution is -2.11. The fourth-order valence-electron chi connectivity index (χ4n) is 3.64. The molecule has 0 N–H and O–H groups in total. The maximum atomic E-state index is 13.6. The lowest BCUT2D eigenvalue weighted by Gasteiger charge is -2.10. The molecule has 0 radical (unpaired) electrons. The third kappa shape index (κ3) is 2.16. The van der Waals surface area contributed by atoms with Gasteiger partial charge in [-0.05, 0) is 49.1 Å². The van der Waals surface area contributed by atoms with Crippen molar-refractivity contribution in [2.24, 2.45) is 17.8 Å². The zero-order valence-corrected chi connectivity index (χ0v) is 11.0. The minimum absolute atomic E-state index is 0.121. The first-order valence-electron chi connectivity index (χ1n) is 6.75. The zero-order valence-electron chi connectivity index (χ0n) is 10.2. The molecule has 1 aromatic rings. The van der Waals surface area contributed by atoms with E-state index in [1.165, 1.54) is 43.9 Å². The Kier molecular flexibility index (Phi) is 3.31. The molecule has 3 rings (SSSR count). The van der Waals surface area contributed by atoms with E-state index >= 15 is 0 Å². The van der Waals surface area contributed by atoms with Crippen molar-refractivity contribution in [3.05, 3.63) is 35.4 Å². The van der Waals surface area contributed by atoms with Crippen LogP contribution in [0.15, 0.2) is 18.2 Å². The van der Waals surface area contributed by atoms with Gasteiger partial charge in [0.05, 0.1) is 0 Å². The van der Waals surface area contributed by atoms with Crippen molar-refractivity contribution in [1.82, 2.24) is 0 Å². The number of fused-ring (bicyclic) bond motifs is 1. The Morgan fingerprint density at radius 2 is 1.67 bits per heavy atom. The first-order valence-corrected chi connectivity index (χ1v) is 7.19. The molecule has 0 aromatic heterocycles. The average Bonchev–Trinajstić information content (AvgIpc) is 3.08. The predicted octanol–water partition coefficient (Wildman–Crippen LogP) is 4.55. The van der Waals surface area contributed by atoms with Gasteiger partial charge in [0.2, 0.25) is 0 Å². The molecule has 0 nitrogen and oxygen atoms in total. The van der Waals surface area contributed by atoms with Crippen LogP contribution in [0.4, 0.5) is 8.78 Å². The third-order valence-electron chi connectivity index (χ3n) is 4.60. The number of hydrogen-bond donors (Lipinski definition) is 0. The molecule has 3 unspecified atom stereocenters. The molecule has 1 aromatic carbocycles. The maximum absolute atomic E-state index is 13.6. The minimum atomic E-state index is -0.468. The first-order chi connectivity index (χ1) is 8.68. The Morgan fingerprint density at radius 1 is 1.11 bits per heavy atom. The van der Waals surface area contributed by atoms with Crippen molar-refractivity contribution < 1.29 is 8.78 Å². The predicted molar refractivity (Wildman–Crippen MR) is 68.6 cm³/mol. The van der Waals surface area contributed by atoms with E-state index in [4.69, 9.17) is 11.6 Å². The normalized spacial score (nSPS) is 31.8. The Labute approximate surface area is 111 Å². The van der Waals surface area contributed by atoms with Gasteiger partial charge >= 0.3 is 0 Å². The zero-order chi connectivity index (χ0) is 12.7. The Bertz CT molecular complexity index is 414. The summed E-state index contributed by atoms with van der Waals surface area (Å²) in [5.74, 6) is 0.980. The SMILES string of the molecule is Fc1cccc(F)c1CC(Cl)C1C2CCCCC21. The average molecular weight is 271 g/mol. The van der Waals surface area contributed by atoms with Gasteiger partial charge in [-0.3, -0.25) is 0 Å². The first kappa shape index (κ1) is 12.4. The number of benzene rings is 1. The standard InChI is InChI=1S/C15H17ClF2/c16-12(15-9-4-1-2-5-10(9)15)8-11-13(17)6-3-7-14(11)18/h3,6-7,9-10,12,15H,1-2,4-5,8H2. The van der Waals surface area contributed by atoms with E-state index in [9.17, 15) is 8.78 Å². The molecule has 3 heteroatoms. The molecule has 18 heavy (non-hydrogen) atoms. The van der Waals surface area contributed by atoms with Crippen molar-refractivity contribution >= 4 is 11.6 Å². The smallest absolute Gasteiger partial charge is 0.129 e. The lowest BCUT2D eigenvalue weighted by molar-refractivity contribution is 0.480. The molecule has 2 aliphatic carbocycles.